The Bertz CT molecular complexity index is 1280. The van der Waals surface area contributed by atoms with Crippen molar-refractivity contribution < 1.29 is 19.4 Å². The van der Waals surface area contributed by atoms with Gasteiger partial charge in [-0.1, -0.05) is 62.1 Å². The molecule has 1 saturated carbocycles. The van der Waals surface area contributed by atoms with E-state index in [0.29, 0.717) is 23.5 Å². The third-order valence-electron chi connectivity index (χ3n) is 7.55. The van der Waals surface area contributed by atoms with E-state index in [1.807, 2.05) is 47.9 Å². The van der Waals surface area contributed by atoms with Crippen LogP contribution in [-0.4, -0.2) is 40.6 Å². The molecule has 8 heteroatoms. The fourth-order valence-corrected chi connectivity index (χ4v) is 6.55. The van der Waals surface area contributed by atoms with Crippen LogP contribution in [0.25, 0.3) is 22.4 Å². The standard InChI is InChI=1S/C29H31N3O4S/c1-36-26-14-13-20(17-30-26)22-10-4-5-12-23(22)25-18-37-29(31-25)32-15-7-6-11-21(19-8-2-3-9-19)24(28(32)35)16-27(33)34/h4-7,10,12-14,17-19,21,24H,2-3,8-9,11,15-16H2,1H3,(H,33,34)/t21-,24+/m1/s1. The summed E-state index contributed by atoms with van der Waals surface area (Å²) in [5.41, 5.74) is 3.64. The predicted molar refractivity (Wildman–Crippen MR) is 145 cm³/mol. The van der Waals surface area contributed by atoms with Crippen molar-refractivity contribution in [1.82, 2.24) is 9.97 Å². The number of amides is 1. The SMILES string of the molecule is COc1ccc(-c2ccccc2-c2csc(N3CC=CC[C@H](C4CCCC4)[C@H](CC(=O)O)C3=O)n2)cn1. The zero-order valence-electron chi connectivity index (χ0n) is 20.9. The summed E-state index contributed by atoms with van der Waals surface area (Å²) in [4.78, 5) is 36.6. The summed E-state index contributed by atoms with van der Waals surface area (Å²) >= 11 is 1.41. The molecule has 37 heavy (non-hydrogen) atoms. The van der Waals surface area contributed by atoms with Crippen molar-refractivity contribution in [2.45, 2.75) is 38.5 Å². The van der Waals surface area contributed by atoms with Gasteiger partial charge in [0.2, 0.25) is 11.8 Å². The predicted octanol–water partition coefficient (Wildman–Crippen LogP) is 6.07. The summed E-state index contributed by atoms with van der Waals surface area (Å²) in [7, 11) is 1.59. The van der Waals surface area contributed by atoms with Gasteiger partial charge in [0.25, 0.3) is 0 Å². The fraction of sp³-hybridized carbons (Fsp3) is 0.379. The molecule has 0 saturated heterocycles. The number of hydrogen-bond acceptors (Lipinski definition) is 6. The van der Waals surface area contributed by atoms with E-state index < -0.39 is 11.9 Å². The molecule has 1 aliphatic carbocycles. The van der Waals surface area contributed by atoms with Gasteiger partial charge in [0.1, 0.15) is 0 Å². The topological polar surface area (TPSA) is 92.6 Å². The van der Waals surface area contributed by atoms with Crippen LogP contribution < -0.4 is 9.64 Å². The van der Waals surface area contributed by atoms with Crippen molar-refractivity contribution in [2.24, 2.45) is 17.8 Å². The van der Waals surface area contributed by atoms with Crippen molar-refractivity contribution in [3.63, 3.8) is 0 Å². The highest BCUT2D eigenvalue weighted by Gasteiger charge is 2.39. The number of benzene rings is 1. The fourth-order valence-electron chi connectivity index (χ4n) is 5.71. The van der Waals surface area contributed by atoms with E-state index in [4.69, 9.17) is 9.72 Å². The second-order valence-electron chi connectivity index (χ2n) is 9.72. The first-order chi connectivity index (χ1) is 18.0. The lowest BCUT2D eigenvalue weighted by Crippen LogP contribution is -2.43. The zero-order chi connectivity index (χ0) is 25.8. The number of aromatic nitrogens is 2. The Labute approximate surface area is 220 Å². The Morgan fingerprint density at radius 3 is 2.62 bits per heavy atom. The molecule has 2 atom stereocenters. The summed E-state index contributed by atoms with van der Waals surface area (Å²) < 4.78 is 5.19. The molecule has 0 spiro atoms. The Hall–Kier alpha value is -3.52. The summed E-state index contributed by atoms with van der Waals surface area (Å²) in [6.45, 7) is 0.392. The first-order valence-electron chi connectivity index (χ1n) is 12.8. The maximum absolute atomic E-state index is 13.9. The summed E-state index contributed by atoms with van der Waals surface area (Å²) in [6, 6.07) is 11.8. The molecule has 1 amide bonds. The Kier molecular flexibility index (Phi) is 7.65. The van der Waals surface area contributed by atoms with Crippen molar-refractivity contribution >= 4 is 28.3 Å². The lowest BCUT2D eigenvalue weighted by atomic mass is 9.75. The second-order valence-corrected chi connectivity index (χ2v) is 10.6. The molecule has 1 aliphatic heterocycles. The molecule has 2 aromatic heterocycles. The number of rotatable bonds is 7. The van der Waals surface area contributed by atoms with Gasteiger partial charge in [0.05, 0.1) is 25.1 Å². The van der Waals surface area contributed by atoms with Gasteiger partial charge in [-0.15, -0.1) is 11.3 Å². The normalized spacial score (nSPS) is 20.6. The number of carboxylic acids is 1. The van der Waals surface area contributed by atoms with Crippen molar-refractivity contribution in [1.29, 1.82) is 0 Å². The molecule has 3 heterocycles. The zero-order valence-corrected chi connectivity index (χ0v) is 21.7. The smallest absolute Gasteiger partial charge is 0.304 e. The lowest BCUT2D eigenvalue weighted by Gasteiger charge is -2.34. The number of aliphatic carboxylic acids is 1. The maximum Gasteiger partial charge on any atom is 0.304 e. The average Bonchev–Trinajstić information content (AvgIpc) is 3.62. The van der Waals surface area contributed by atoms with Gasteiger partial charge < -0.3 is 9.84 Å². The number of nitrogens with zero attached hydrogens (tertiary/aromatic N) is 3. The first-order valence-corrected chi connectivity index (χ1v) is 13.7. The molecule has 0 bridgehead atoms. The van der Waals surface area contributed by atoms with Crippen LogP contribution >= 0.6 is 11.3 Å². The van der Waals surface area contributed by atoms with E-state index in [9.17, 15) is 14.7 Å². The van der Waals surface area contributed by atoms with Gasteiger partial charge >= 0.3 is 5.97 Å². The average molecular weight is 518 g/mol. The van der Waals surface area contributed by atoms with Gasteiger partial charge in [-0.25, -0.2) is 9.97 Å². The van der Waals surface area contributed by atoms with E-state index in [0.717, 1.165) is 54.5 Å². The molecular formula is C29H31N3O4S. The summed E-state index contributed by atoms with van der Waals surface area (Å²) in [5, 5.41) is 12.2. The number of methoxy groups -OCH3 is 1. The highest BCUT2D eigenvalue weighted by Crippen LogP contribution is 2.41. The molecule has 1 fully saturated rings. The van der Waals surface area contributed by atoms with Crippen LogP contribution in [0.4, 0.5) is 5.13 Å². The number of hydrogen-bond donors (Lipinski definition) is 1. The molecule has 192 valence electrons. The number of pyridine rings is 1. The third kappa shape index (κ3) is 5.44. The van der Waals surface area contributed by atoms with Gasteiger partial charge in [0.15, 0.2) is 5.13 Å². The quantitative estimate of drug-likeness (QED) is 0.382. The maximum atomic E-state index is 13.9. The van der Waals surface area contributed by atoms with Gasteiger partial charge in [-0.3, -0.25) is 14.5 Å². The molecule has 0 unspecified atom stereocenters. The van der Waals surface area contributed by atoms with Gasteiger partial charge in [-0.2, -0.15) is 0 Å². The van der Waals surface area contributed by atoms with Gasteiger partial charge in [0, 0.05) is 35.3 Å². The Balaban J connectivity index is 1.46. The molecule has 1 aromatic carbocycles. The van der Waals surface area contributed by atoms with E-state index in [-0.39, 0.29) is 18.2 Å². The molecule has 7 nitrogen and oxygen atoms in total. The van der Waals surface area contributed by atoms with Crippen molar-refractivity contribution in [3.8, 4) is 28.3 Å². The number of carbonyl (C=O) groups excluding carboxylic acids is 1. The van der Waals surface area contributed by atoms with Gasteiger partial charge in [-0.05, 0) is 29.9 Å². The van der Waals surface area contributed by atoms with Crippen LogP contribution in [0.15, 0.2) is 60.1 Å². The van der Waals surface area contributed by atoms with E-state index in [1.54, 1.807) is 18.2 Å². The van der Waals surface area contributed by atoms with Crippen molar-refractivity contribution in [3.05, 3.63) is 60.1 Å². The molecule has 1 N–H and O–H groups in total. The third-order valence-corrected chi connectivity index (χ3v) is 8.41. The number of allylic oxidation sites excluding steroid dienone is 1. The minimum absolute atomic E-state index is 0.0490. The van der Waals surface area contributed by atoms with Crippen LogP contribution in [0.2, 0.25) is 0 Å². The van der Waals surface area contributed by atoms with E-state index in [1.165, 1.54) is 11.3 Å². The second kappa shape index (κ2) is 11.3. The number of ether oxygens (including phenoxy) is 1. The van der Waals surface area contributed by atoms with E-state index in [2.05, 4.69) is 11.1 Å². The number of carbonyl (C=O) groups is 2. The first kappa shape index (κ1) is 25.1. The van der Waals surface area contributed by atoms with Crippen LogP contribution in [0.5, 0.6) is 5.88 Å². The monoisotopic (exact) mass is 517 g/mol. The minimum Gasteiger partial charge on any atom is -0.481 e. The highest BCUT2D eigenvalue weighted by molar-refractivity contribution is 7.14. The minimum atomic E-state index is -0.923. The number of thiazole rings is 1. The summed E-state index contributed by atoms with van der Waals surface area (Å²) in [5.74, 6) is -0.601. The number of carboxylic acid groups (broad SMARTS) is 1. The van der Waals surface area contributed by atoms with Crippen molar-refractivity contribution in [2.75, 3.05) is 18.6 Å². The Morgan fingerprint density at radius 2 is 1.92 bits per heavy atom. The molecule has 5 rings (SSSR count). The highest BCUT2D eigenvalue weighted by atomic mass is 32.1. The van der Waals surface area contributed by atoms with E-state index >= 15 is 0 Å². The van der Waals surface area contributed by atoms with Crippen LogP contribution in [0, 0.1) is 17.8 Å². The molecular weight excluding hydrogens is 486 g/mol. The number of anilines is 1. The largest absolute Gasteiger partial charge is 0.481 e. The molecule has 2 aliphatic rings. The Morgan fingerprint density at radius 1 is 1.14 bits per heavy atom. The summed E-state index contributed by atoms with van der Waals surface area (Å²) in [6.07, 6.45) is 11.0. The molecule has 0 radical (unpaired) electrons. The van der Waals surface area contributed by atoms with Crippen LogP contribution in [0.1, 0.15) is 38.5 Å². The lowest BCUT2D eigenvalue weighted by molar-refractivity contribution is -0.142. The molecule has 3 aromatic rings. The van der Waals surface area contributed by atoms with Crippen LogP contribution in [-0.2, 0) is 9.59 Å². The van der Waals surface area contributed by atoms with Crippen LogP contribution in [0.3, 0.4) is 0 Å².